The highest BCUT2D eigenvalue weighted by Crippen LogP contribution is 2.37. The van der Waals surface area contributed by atoms with Crippen LogP contribution in [0, 0.1) is 0 Å². The maximum absolute atomic E-state index is 6.04. The summed E-state index contributed by atoms with van der Waals surface area (Å²) in [4.78, 5) is 4.62. The Morgan fingerprint density at radius 1 is 0.955 bits per heavy atom. The Morgan fingerprint density at radius 2 is 1.82 bits per heavy atom. The van der Waals surface area contributed by atoms with Gasteiger partial charge in [-0.15, -0.1) is 0 Å². The summed E-state index contributed by atoms with van der Waals surface area (Å²) in [7, 11) is 0. The molecule has 0 N–H and O–H groups in total. The number of aryl methyl sites for hydroxylation is 2. The van der Waals surface area contributed by atoms with Crippen molar-refractivity contribution in [3.63, 3.8) is 0 Å². The molecule has 1 aliphatic carbocycles. The van der Waals surface area contributed by atoms with Crippen molar-refractivity contribution in [3.8, 4) is 11.5 Å². The molecule has 0 aliphatic heterocycles. The maximum atomic E-state index is 6.04. The molecule has 5 rings (SSSR count). The van der Waals surface area contributed by atoms with Crippen molar-refractivity contribution in [2.75, 3.05) is 0 Å². The van der Waals surface area contributed by atoms with E-state index in [-0.39, 0.29) is 0 Å². The summed E-state index contributed by atoms with van der Waals surface area (Å²) in [5.41, 5.74) is 5.46. The second-order valence-corrected chi connectivity index (χ2v) is 6.18. The Hall–Kier alpha value is -2.32. The highest BCUT2D eigenvalue weighted by atomic mass is 35.5. The van der Waals surface area contributed by atoms with Gasteiger partial charge in [0, 0.05) is 10.6 Å². The van der Waals surface area contributed by atoms with Crippen LogP contribution in [0.4, 0.5) is 0 Å². The van der Waals surface area contributed by atoms with Crippen LogP contribution < -0.4 is 0 Å². The largest absolute Gasteiger partial charge is 0.436 e. The smallest absolute Gasteiger partial charge is 0.227 e. The number of halogens is 1. The van der Waals surface area contributed by atoms with Crippen molar-refractivity contribution in [2.45, 2.75) is 12.8 Å². The quantitative estimate of drug-likeness (QED) is 0.470. The van der Waals surface area contributed by atoms with Crippen molar-refractivity contribution < 1.29 is 4.42 Å². The van der Waals surface area contributed by atoms with Crippen LogP contribution in [-0.4, -0.2) is 4.98 Å². The summed E-state index contributed by atoms with van der Waals surface area (Å²) in [6.07, 6.45) is 2.25. The van der Waals surface area contributed by atoms with Crippen molar-refractivity contribution in [1.29, 1.82) is 0 Å². The fourth-order valence-corrected chi connectivity index (χ4v) is 3.62. The zero-order valence-electron chi connectivity index (χ0n) is 11.8. The van der Waals surface area contributed by atoms with Crippen LogP contribution in [0.2, 0.25) is 5.02 Å². The first-order valence-corrected chi connectivity index (χ1v) is 7.77. The van der Waals surface area contributed by atoms with Gasteiger partial charge in [0.2, 0.25) is 5.89 Å². The van der Waals surface area contributed by atoms with E-state index in [0.717, 1.165) is 29.5 Å². The molecule has 1 aliphatic rings. The molecular formula is C19H12ClNO. The van der Waals surface area contributed by atoms with Crippen LogP contribution in [-0.2, 0) is 12.8 Å². The minimum atomic E-state index is 0.660. The minimum absolute atomic E-state index is 0.660. The van der Waals surface area contributed by atoms with Crippen molar-refractivity contribution in [1.82, 2.24) is 4.98 Å². The third-order valence-corrected chi connectivity index (χ3v) is 4.69. The SMILES string of the molecule is Clc1ccc2oc(-c3ccc4c5c(cccc35)CC4)nc2c1. The Morgan fingerprint density at radius 3 is 2.73 bits per heavy atom. The standard InChI is InChI=1S/C19H12ClNO/c20-13-7-9-17-16(10-13)21-19(22-17)15-8-6-12-5-4-11-2-1-3-14(15)18(11)12/h1-3,6-10H,4-5H2. The molecule has 1 heterocycles. The minimum Gasteiger partial charge on any atom is -0.436 e. The number of rotatable bonds is 1. The second kappa shape index (κ2) is 4.34. The van der Waals surface area contributed by atoms with Crippen LogP contribution in [0.5, 0.6) is 0 Å². The molecule has 106 valence electrons. The first-order chi connectivity index (χ1) is 10.8. The topological polar surface area (TPSA) is 26.0 Å². The molecule has 0 spiro atoms. The van der Waals surface area contributed by atoms with E-state index in [9.17, 15) is 0 Å². The number of fused-ring (bicyclic) bond motifs is 1. The maximum Gasteiger partial charge on any atom is 0.227 e. The zero-order chi connectivity index (χ0) is 14.7. The molecule has 22 heavy (non-hydrogen) atoms. The van der Waals surface area contributed by atoms with E-state index in [2.05, 4.69) is 35.3 Å². The number of aromatic nitrogens is 1. The molecule has 0 saturated heterocycles. The summed E-state index contributed by atoms with van der Waals surface area (Å²) in [6, 6.07) is 16.4. The molecule has 0 bridgehead atoms. The number of oxazole rings is 1. The molecule has 1 aromatic heterocycles. The van der Waals surface area contributed by atoms with E-state index in [1.807, 2.05) is 18.2 Å². The average molecular weight is 306 g/mol. The first-order valence-electron chi connectivity index (χ1n) is 7.39. The van der Waals surface area contributed by atoms with E-state index in [1.54, 1.807) is 0 Å². The average Bonchev–Trinajstić information content (AvgIpc) is 3.13. The van der Waals surface area contributed by atoms with Crippen LogP contribution in [0.3, 0.4) is 0 Å². The van der Waals surface area contributed by atoms with Crippen molar-refractivity contribution >= 4 is 33.5 Å². The molecule has 0 saturated carbocycles. The Kier molecular flexibility index (Phi) is 2.42. The molecule has 0 amide bonds. The zero-order valence-corrected chi connectivity index (χ0v) is 12.5. The molecular weight excluding hydrogens is 294 g/mol. The highest BCUT2D eigenvalue weighted by molar-refractivity contribution is 6.31. The number of hydrogen-bond acceptors (Lipinski definition) is 2. The lowest BCUT2D eigenvalue weighted by molar-refractivity contribution is 0.620. The Bertz CT molecular complexity index is 1040. The first kappa shape index (κ1) is 12.2. The van der Waals surface area contributed by atoms with Gasteiger partial charge in [-0.1, -0.05) is 35.9 Å². The molecule has 0 atom stereocenters. The Balaban J connectivity index is 1.82. The van der Waals surface area contributed by atoms with Gasteiger partial charge in [0.15, 0.2) is 5.58 Å². The van der Waals surface area contributed by atoms with Gasteiger partial charge >= 0.3 is 0 Å². The van der Waals surface area contributed by atoms with Crippen molar-refractivity contribution in [3.05, 3.63) is 64.7 Å². The van der Waals surface area contributed by atoms with Gasteiger partial charge in [0.25, 0.3) is 0 Å². The van der Waals surface area contributed by atoms with Gasteiger partial charge in [-0.05, 0) is 59.0 Å². The predicted octanol–water partition coefficient (Wildman–Crippen LogP) is 5.40. The van der Waals surface area contributed by atoms with Crippen LogP contribution in [0.25, 0.3) is 33.3 Å². The third-order valence-electron chi connectivity index (χ3n) is 4.46. The van der Waals surface area contributed by atoms with E-state index < -0.39 is 0 Å². The van der Waals surface area contributed by atoms with E-state index >= 15 is 0 Å². The fourth-order valence-electron chi connectivity index (χ4n) is 3.45. The number of nitrogens with zero attached hydrogens (tertiary/aromatic N) is 1. The van der Waals surface area contributed by atoms with Crippen LogP contribution in [0.15, 0.2) is 52.9 Å². The monoisotopic (exact) mass is 305 g/mol. The normalized spacial score (nSPS) is 13.3. The molecule has 0 fully saturated rings. The van der Waals surface area contributed by atoms with Crippen LogP contribution >= 0.6 is 11.6 Å². The summed E-state index contributed by atoms with van der Waals surface area (Å²) >= 11 is 6.04. The Labute approximate surface area is 132 Å². The lowest BCUT2D eigenvalue weighted by Gasteiger charge is -2.05. The third kappa shape index (κ3) is 1.65. The summed E-state index contributed by atoms with van der Waals surface area (Å²) in [5.74, 6) is 0.660. The molecule has 3 aromatic carbocycles. The number of hydrogen-bond donors (Lipinski definition) is 0. The van der Waals surface area contributed by atoms with Gasteiger partial charge in [0.1, 0.15) is 5.52 Å². The van der Waals surface area contributed by atoms with Crippen molar-refractivity contribution in [2.24, 2.45) is 0 Å². The molecule has 0 unspecified atom stereocenters. The predicted molar refractivity (Wildman–Crippen MR) is 89.4 cm³/mol. The summed E-state index contributed by atoms with van der Waals surface area (Å²) < 4.78 is 5.95. The van der Waals surface area contributed by atoms with Gasteiger partial charge < -0.3 is 4.42 Å². The molecule has 4 aromatic rings. The summed E-state index contributed by atoms with van der Waals surface area (Å²) in [5, 5.41) is 3.28. The van der Waals surface area contributed by atoms with Gasteiger partial charge in [-0.25, -0.2) is 4.98 Å². The van der Waals surface area contributed by atoms with E-state index in [1.165, 1.54) is 21.9 Å². The van der Waals surface area contributed by atoms with Gasteiger partial charge in [0.05, 0.1) is 0 Å². The van der Waals surface area contributed by atoms with Gasteiger partial charge in [-0.3, -0.25) is 0 Å². The summed E-state index contributed by atoms with van der Waals surface area (Å²) in [6.45, 7) is 0. The second-order valence-electron chi connectivity index (χ2n) is 5.74. The van der Waals surface area contributed by atoms with Gasteiger partial charge in [-0.2, -0.15) is 0 Å². The van der Waals surface area contributed by atoms with E-state index in [4.69, 9.17) is 16.0 Å². The lowest BCUT2D eigenvalue weighted by atomic mass is 10.00. The molecule has 3 heteroatoms. The highest BCUT2D eigenvalue weighted by Gasteiger charge is 2.18. The van der Waals surface area contributed by atoms with E-state index in [0.29, 0.717) is 10.9 Å². The number of benzene rings is 3. The molecule has 0 radical (unpaired) electrons. The fraction of sp³-hybridized carbons (Fsp3) is 0.105. The molecule has 2 nitrogen and oxygen atoms in total. The van der Waals surface area contributed by atoms with Crippen LogP contribution in [0.1, 0.15) is 11.1 Å². The lowest BCUT2D eigenvalue weighted by Crippen LogP contribution is -1.84.